The summed E-state index contributed by atoms with van der Waals surface area (Å²) in [7, 11) is 0. The van der Waals surface area contributed by atoms with Crippen LogP contribution in [0.15, 0.2) is 140 Å². The van der Waals surface area contributed by atoms with E-state index in [-0.39, 0.29) is 0 Å². The van der Waals surface area contributed by atoms with Crippen LogP contribution in [-0.2, 0) is 6.42 Å². The number of anilines is 2. The maximum Gasteiger partial charge on any atom is 0.162 e. The number of fused-ring (bicyclic) bond motifs is 5. The van der Waals surface area contributed by atoms with E-state index < -0.39 is 0 Å². The van der Waals surface area contributed by atoms with Gasteiger partial charge in [0.15, 0.2) is 5.82 Å². The monoisotopic (exact) mass is 630 g/mol. The van der Waals surface area contributed by atoms with Crippen molar-refractivity contribution in [1.82, 2.24) is 24.9 Å². The van der Waals surface area contributed by atoms with Crippen molar-refractivity contribution in [2.24, 2.45) is 0 Å². The van der Waals surface area contributed by atoms with E-state index in [4.69, 9.17) is 19.9 Å². The van der Waals surface area contributed by atoms with Crippen LogP contribution in [-0.4, -0.2) is 31.5 Å². The Balaban J connectivity index is 1.31. The van der Waals surface area contributed by atoms with Crippen molar-refractivity contribution in [2.75, 3.05) is 11.4 Å². The molecule has 0 unspecified atom stereocenters. The number of nitrogens with zero attached hydrogens (tertiary/aromatic N) is 5. The number of aromatic amines is 1. The van der Waals surface area contributed by atoms with Crippen LogP contribution in [0, 0.1) is 0 Å². The zero-order valence-electron chi connectivity index (χ0n) is 26.6. The lowest BCUT2D eigenvalue weighted by Gasteiger charge is -2.31. The van der Waals surface area contributed by atoms with Gasteiger partial charge in [-0.25, -0.2) is 15.0 Å². The predicted molar refractivity (Wildman–Crippen MR) is 200 cm³/mol. The van der Waals surface area contributed by atoms with E-state index in [0.29, 0.717) is 0 Å². The molecule has 6 heteroatoms. The van der Waals surface area contributed by atoms with Crippen molar-refractivity contribution >= 4 is 55.1 Å². The summed E-state index contributed by atoms with van der Waals surface area (Å²) in [4.78, 5) is 27.3. The fourth-order valence-electron chi connectivity index (χ4n) is 7.43. The zero-order chi connectivity index (χ0) is 32.3. The molecule has 1 N–H and O–H groups in total. The van der Waals surface area contributed by atoms with Gasteiger partial charge in [0, 0.05) is 56.9 Å². The third kappa shape index (κ3) is 4.56. The Labute approximate surface area is 282 Å². The first-order chi connectivity index (χ1) is 24.3. The third-order valence-electron chi connectivity index (χ3n) is 9.76. The van der Waals surface area contributed by atoms with Gasteiger partial charge in [0.2, 0.25) is 0 Å². The lowest BCUT2D eigenvalue weighted by Crippen LogP contribution is -2.26. The van der Waals surface area contributed by atoms with Crippen molar-refractivity contribution in [3.8, 4) is 33.9 Å². The normalized spacial score (nSPS) is 13.0. The number of para-hydroxylation sites is 3. The van der Waals surface area contributed by atoms with Crippen LogP contribution < -0.4 is 4.90 Å². The number of aryl methyl sites for hydroxylation is 1. The standard InChI is InChI=1S/C43H30N6/c1-5-15-31-27(10-1)23-24-44-40(31)42-43(49-25-9-14-29-12-4-8-18-38(29)49)48-41-36(47-42)22-20-32(37-26-30-13-3-7-17-34(30)46-37)39(41)35-21-19-28-11-2-6-16-33(28)45-35/h1-8,10-13,15-24,26,46H,9,14,25H2. The highest BCUT2D eigenvalue weighted by Crippen LogP contribution is 2.43. The lowest BCUT2D eigenvalue weighted by molar-refractivity contribution is 0.760. The second kappa shape index (κ2) is 11.1. The van der Waals surface area contributed by atoms with E-state index in [1.165, 1.54) is 11.3 Å². The molecule has 0 spiro atoms. The Morgan fingerprint density at radius 3 is 2.37 bits per heavy atom. The molecule has 1 aliphatic heterocycles. The highest BCUT2D eigenvalue weighted by atomic mass is 15.2. The van der Waals surface area contributed by atoms with Gasteiger partial charge in [0.1, 0.15) is 16.9 Å². The highest BCUT2D eigenvalue weighted by Gasteiger charge is 2.27. The van der Waals surface area contributed by atoms with E-state index in [2.05, 4.69) is 137 Å². The molecule has 0 fully saturated rings. The number of aromatic nitrogens is 5. The molecule has 6 nitrogen and oxygen atoms in total. The van der Waals surface area contributed by atoms with Gasteiger partial charge in [-0.15, -0.1) is 0 Å². The number of rotatable bonds is 4. The van der Waals surface area contributed by atoms with Crippen molar-refractivity contribution in [3.63, 3.8) is 0 Å². The Bertz CT molecular complexity index is 2690. The first-order valence-electron chi connectivity index (χ1n) is 16.8. The van der Waals surface area contributed by atoms with Gasteiger partial charge in [-0.3, -0.25) is 4.98 Å². The molecule has 5 aromatic carbocycles. The minimum atomic E-state index is 0.775. The lowest BCUT2D eigenvalue weighted by atomic mass is 9.97. The third-order valence-corrected chi connectivity index (χ3v) is 9.76. The summed E-state index contributed by atoms with van der Waals surface area (Å²) in [6.45, 7) is 0.834. The molecule has 0 saturated heterocycles. The minimum Gasteiger partial charge on any atom is -0.355 e. The van der Waals surface area contributed by atoms with Crippen molar-refractivity contribution in [2.45, 2.75) is 12.8 Å². The summed E-state index contributed by atoms with van der Waals surface area (Å²) in [6.07, 6.45) is 3.93. The molecule has 1 aliphatic rings. The van der Waals surface area contributed by atoms with E-state index in [0.717, 1.165) is 103 Å². The number of hydrogen-bond donors (Lipinski definition) is 1. The Morgan fingerprint density at radius 2 is 1.43 bits per heavy atom. The van der Waals surface area contributed by atoms with Crippen molar-refractivity contribution in [1.29, 1.82) is 0 Å². The quantitative estimate of drug-likeness (QED) is 0.210. The number of benzene rings is 5. The first kappa shape index (κ1) is 27.7. The molecule has 49 heavy (non-hydrogen) atoms. The summed E-state index contributed by atoms with van der Waals surface area (Å²) in [6, 6.07) is 46.5. The maximum absolute atomic E-state index is 5.65. The molecule has 0 bridgehead atoms. The van der Waals surface area contributed by atoms with E-state index >= 15 is 0 Å². The zero-order valence-corrected chi connectivity index (χ0v) is 26.6. The Hall–Kier alpha value is -6.40. The summed E-state index contributed by atoms with van der Waals surface area (Å²) in [5, 5.41) is 4.43. The van der Waals surface area contributed by atoms with Crippen LogP contribution >= 0.6 is 0 Å². The van der Waals surface area contributed by atoms with Crippen LogP contribution in [0.1, 0.15) is 12.0 Å². The average Bonchev–Trinajstić information content (AvgIpc) is 3.61. The first-order valence-corrected chi connectivity index (χ1v) is 16.8. The molecule has 0 amide bonds. The molecule has 0 atom stereocenters. The number of H-pyrrole nitrogens is 1. The number of hydrogen-bond acceptors (Lipinski definition) is 5. The van der Waals surface area contributed by atoms with Crippen molar-refractivity contribution < 1.29 is 0 Å². The smallest absolute Gasteiger partial charge is 0.162 e. The number of nitrogens with one attached hydrogen (secondary N) is 1. The van der Waals surface area contributed by atoms with E-state index in [1.807, 2.05) is 12.3 Å². The molecule has 0 aliphatic carbocycles. The highest BCUT2D eigenvalue weighted by molar-refractivity contribution is 6.05. The molecular formula is C43H30N6. The molecule has 232 valence electrons. The number of pyridine rings is 2. The van der Waals surface area contributed by atoms with E-state index in [1.54, 1.807) is 0 Å². The summed E-state index contributed by atoms with van der Waals surface area (Å²) < 4.78 is 0. The fourth-order valence-corrected chi connectivity index (χ4v) is 7.43. The van der Waals surface area contributed by atoms with Crippen LogP contribution in [0.3, 0.4) is 0 Å². The topological polar surface area (TPSA) is 70.6 Å². The van der Waals surface area contributed by atoms with Gasteiger partial charge in [0.05, 0.1) is 16.7 Å². The summed E-state index contributed by atoms with van der Waals surface area (Å²) in [5.74, 6) is 0.805. The molecule has 9 aromatic rings. The summed E-state index contributed by atoms with van der Waals surface area (Å²) in [5.41, 5.74) is 11.6. The van der Waals surface area contributed by atoms with Gasteiger partial charge in [-0.05, 0) is 72.3 Å². The molecule has 10 rings (SSSR count). The molecule has 5 heterocycles. The van der Waals surface area contributed by atoms with Crippen LogP contribution in [0.5, 0.6) is 0 Å². The van der Waals surface area contributed by atoms with Crippen LogP contribution in [0.4, 0.5) is 11.5 Å². The second-order valence-electron chi connectivity index (χ2n) is 12.7. The molecule has 4 aromatic heterocycles. The van der Waals surface area contributed by atoms with Gasteiger partial charge in [0.25, 0.3) is 0 Å². The van der Waals surface area contributed by atoms with Crippen LogP contribution in [0.2, 0.25) is 0 Å². The van der Waals surface area contributed by atoms with E-state index in [9.17, 15) is 0 Å². The Kier molecular flexibility index (Phi) is 6.27. The average molecular weight is 631 g/mol. The fraction of sp³-hybridized carbons (Fsp3) is 0.0698. The molecule has 0 radical (unpaired) electrons. The van der Waals surface area contributed by atoms with Gasteiger partial charge in [-0.1, -0.05) is 84.9 Å². The predicted octanol–water partition coefficient (Wildman–Crippen LogP) is 10.3. The largest absolute Gasteiger partial charge is 0.355 e. The van der Waals surface area contributed by atoms with Gasteiger partial charge >= 0.3 is 0 Å². The SMILES string of the molecule is c1ccc2c(c1)CCCN2c1nc2c(-c3ccc4ccccc4n3)c(-c3cc4ccccc4[nH]3)ccc2nc1-c1nccc2ccccc12. The Morgan fingerprint density at radius 1 is 0.612 bits per heavy atom. The summed E-state index contributed by atoms with van der Waals surface area (Å²) >= 11 is 0. The maximum atomic E-state index is 5.65. The second-order valence-corrected chi connectivity index (χ2v) is 12.7. The molecular weight excluding hydrogens is 601 g/mol. The molecule has 0 saturated carbocycles. The van der Waals surface area contributed by atoms with Gasteiger partial charge in [-0.2, -0.15) is 0 Å². The minimum absolute atomic E-state index is 0.775. The van der Waals surface area contributed by atoms with Crippen molar-refractivity contribution in [3.05, 3.63) is 145 Å². The van der Waals surface area contributed by atoms with Crippen LogP contribution in [0.25, 0.3) is 77.5 Å². The van der Waals surface area contributed by atoms with Gasteiger partial charge < -0.3 is 9.88 Å².